The van der Waals surface area contributed by atoms with Gasteiger partial charge in [0.1, 0.15) is 12.4 Å². The number of carboxylic acids is 1. The second kappa shape index (κ2) is 9.57. The maximum Gasteiger partial charge on any atom is 1.00 e. The van der Waals surface area contributed by atoms with Crippen LogP contribution in [0.2, 0.25) is 5.02 Å². The third-order valence-electron chi connectivity index (χ3n) is 2.85. The maximum absolute atomic E-state index is 11.8. The molecular weight excluding hydrogens is 329 g/mol. The smallest absolute Gasteiger partial charge is 0.545 e. The Bertz CT molecular complexity index is 659. The van der Waals surface area contributed by atoms with Crippen molar-refractivity contribution < 1.29 is 49.0 Å². The number of aromatic carboxylic acids is 1. The predicted molar refractivity (Wildman–Crippen MR) is 80.1 cm³/mol. The van der Waals surface area contributed by atoms with E-state index in [0.717, 1.165) is 0 Å². The summed E-state index contributed by atoms with van der Waals surface area (Å²) in [5, 5.41) is 13.9. The first-order valence-corrected chi connectivity index (χ1v) is 6.92. The number of benzene rings is 2. The van der Waals surface area contributed by atoms with E-state index in [4.69, 9.17) is 16.3 Å². The first kappa shape index (κ1) is 19.5. The Balaban J connectivity index is 0.00000264. The first-order chi connectivity index (χ1) is 10.6. The Morgan fingerprint density at radius 3 is 2.13 bits per heavy atom. The fourth-order valence-electron chi connectivity index (χ4n) is 1.72. The molecule has 1 amide bonds. The molecule has 0 fully saturated rings. The van der Waals surface area contributed by atoms with Gasteiger partial charge in [-0.2, -0.15) is 0 Å². The standard InChI is InChI=1S/C16H14ClNO4.Na/c17-13-5-1-11(2-6-13)15(19)18-9-10-22-14-7-3-12(4-8-14)16(20)21;/h1-8H,9-10H2,(H,18,19)(H,20,21);/q;+1/p-1. The van der Waals surface area contributed by atoms with Crippen LogP contribution in [0.25, 0.3) is 0 Å². The Kier molecular flexibility index (Phi) is 8.12. The quantitative estimate of drug-likeness (QED) is 0.513. The van der Waals surface area contributed by atoms with Crippen LogP contribution in [0.15, 0.2) is 48.5 Å². The minimum absolute atomic E-state index is 0. The van der Waals surface area contributed by atoms with Gasteiger partial charge in [-0.1, -0.05) is 11.6 Å². The van der Waals surface area contributed by atoms with E-state index in [-0.39, 0.29) is 47.6 Å². The van der Waals surface area contributed by atoms with Gasteiger partial charge < -0.3 is 20.0 Å². The van der Waals surface area contributed by atoms with Crippen LogP contribution in [-0.2, 0) is 0 Å². The second-order valence-corrected chi connectivity index (χ2v) is 4.86. The number of rotatable bonds is 6. The van der Waals surface area contributed by atoms with Gasteiger partial charge in [0.2, 0.25) is 0 Å². The van der Waals surface area contributed by atoms with Crippen molar-refractivity contribution in [3.63, 3.8) is 0 Å². The van der Waals surface area contributed by atoms with Gasteiger partial charge in [-0.15, -0.1) is 0 Å². The van der Waals surface area contributed by atoms with Gasteiger partial charge in [-0.3, -0.25) is 4.79 Å². The molecule has 0 saturated heterocycles. The van der Waals surface area contributed by atoms with Crippen molar-refractivity contribution in [2.75, 3.05) is 13.2 Å². The average molecular weight is 342 g/mol. The van der Waals surface area contributed by atoms with Crippen LogP contribution >= 0.6 is 11.6 Å². The van der Waals surface area contributed by atoms with Crippen molar-refractivity contribution in [1.29, 1.82) is 0 Å². The van der Waals surface area contributed by atoms with E-state index in [2.05, 4.69) is 5.32 Å². The number of carbonyl (C=O) groups excluding carboxylic acids is 2. The summed E-state index contributed by atoms with van der Waals surface area (Å²) in [6.07, 6.45) is 0. The second-order valence-electron chi connectivity index (χ2n) is 4.42. The summed E-state index contributed by atoms with van der Waals surface area (Å²) >= 11 is 5.75. The summed E-state index contributed by atoms with van der Waals surface area (Å²) in [5.41, 5.74) is 0.603. The number of amides is 1. The van der Waals surface area contributed by atoms with Gasteiger partial charge in [0.15, 0.2) is 0 Å². The van der Waals surface area contributed by atoms with E-state index >= 15 is 0 Å². The van der Waals surface area contributed by atoms with Crippen LogP contribution in [-0.4, -0.2) is 25.0 Å². The fourth-order valence-corrected chi connectivity index (χ4v) is 1.85. The zero-order valence-corrected chi connectivity index (χ0v) is 15.3. The molecule has 0 aliphatic heterocycles. The van der Waals surface area contributed by atoms with Crippen LogP contribution in [0.3, 0.4) is 0 Å². The van der Waals surface area contributed by atoms with Gasteiger partial charge >= 0.3 is 29.6 Å². The Morgan fingerprint density at radius 1 is 1.00 bits per heavy atom. The summed E-state index contributed by atoms with van der Waals surface area (Å²) in [6.45, 7) is 0.591. The minimum atomic E-state index is -1.23. The van der Waals surface area contributed by atoms with E-state index in [0.29, 0.717) is 22.9 Å². The molecular formula is C16H13ClNNaO4. The van der Waals surface area contributed by atoms with Gasteiger partial charge in [-0.25, -0.2) is 0 Å². The molecule has 0 atom stereocenters. The molecule has 2 rings (SSSR count). The fraction of sp³-hybridized carbons (Fsp3) is 0.125. The number of carbonyl (C=O) groups is 2. The van der Waals surface area contributed by atoms with Crippen molar-refractivity contribution in [2.45, 2.75) is 0 Å². The normalized spacial score (nSPS) is 9.61. The Hall–Kier alpha value is -1.53. The van der Waals surface area contributed by atoms with E-state index < -0.39 is 5.97 Å². The molecule has 114 valence electrons. The van der Waals surface area contributed by atoms with Crippen LogP contribution in [0.4, 0.5) is 0 Å². The Morgan fingerprint density at radius 2 is 1.57 bits per heavy atom. The number of carboxylic acid groups (broad SMARTS) is 1. The summed E-state index contributed by atoms with van der Waals surface area (Å²) in [4.78, 5) is 22.4. The molecule has 1 N–H and O–H groups in total. The molecule has 7 heteroatoms. The topological polar surface area (TPSA) is 78.5 Å². The van der Waals surface area contributed by atoms with Crippen molar-refractivity contribution in [2.24, 2.45) is 0 Å². The SMILES string of the molecule is O=C([O-])c1ccc(OCCNC(=O)c2ccc(Cl)cc2)cc1.[Na+]. The van der Waals surface area contributed by atoms with Crippen molar-refractivity contribution in [1.82, 2.24) is 5.32 Å². The van der Waals surface area contributed by atoms with Gasteiger partial charge in [0.05, 0.1) is 12.5 Å². The number of hydrogen-bond acceptors (Lipinski definition) is 4. The Labute approximate surface area is 160 Å². The molecule has 0 radical (unpaired) electrons. The molecule has 0 bridgehead atoms. The first-order valence-electron chi connectivity index (χ1n) is 6.54. The van der Waals surface area contributed by atoms with Crippen LogP contribution in [0, 0.1) is 0 Å². The third-order valence-corrected chi connectivity index (χ3v) is 3.10. The zero-order valence-electron chi connectivity index (χ0n) is 12.5. The molecule has 0 aromatic heterocycles. The van der Waals surface area contributed by atoms with Crippen LogP contribution < -0.4 is 44.7 Å². The number of halogens is 1. The molecule has 23 heavy (non-hydrogen) atoms. The number of nitrogens with one attached hydrogen (secondary N) is 1. The third kappa shape index (κ3) is 6.23. The summed E-state index contributed by atoms with van der Waals surface area (Å²) < 4.78 is 5.40. The van der Waals surface area contributed by atoms with Crippen LogP contribution in [0.1, 0.15) is 20.7 Å². The van der Waals surface area contributed by atoms with E-state index in [1.165, 1.54) is 24.3 Å². The van der Waals surface area contributed by atoms with E-state index in [1.54, 1.807) is 24.3 Å². The minimum Gasteiger partial charge on any atom is -0.545 e. The monoisotopic (exact) mass is 341 g/mol. The molecule has 0 aliphatic carbocycles. The molecule has 0 spiro atoms. The zero-order chi connectivity index (χ0) is 15.9. The van der Waals surface area contributed by atoms with Crippen molar-refractivity contribution >= 4 is 23.5 Å². The van der Waals surface area contributed by atoms with Gasteiger partial charge in [0, 0.05) is 10.6 Å². The van der Waals surface area contributed by atoms with Crippen molar-refractivity contribution in [3.8, 4) is 5.75 Å². The summed E-state index contributed by atoms with van der Waals surface area (Å²) in [5.74, 6) is -0.930. The van der Waals surface area contributed by atoms with Gasteiger partial charge in [0.25, 0.3) is 5.91 Å². The molecule has 2 aromatic rings. The number of hydrogen-bond donors (Lipinski definition) is 1. The van der Waals surface area contributed by atoms with E-state index in [1.807, 2.05) is 0 Å². The van der Waals surface area contributed by atoms with E-state index in [9.17, 15) is 14.7 Å². The average Bonchev–Trinajstić information content (AvgIpc) is 2.52. The number of ether oxygens (including phenoxy) is 1. The molecule has 0 saturated carbocycles. The molecule has 0 aliphatic rings. The molecule has 5 nitrogen and oxygen atoms in total. The molecule has 0 heterocycles. The molecule has 2 aromatic carbocycles. The maximum atomic E-state index is 11.8. The summed E-state index contributed by atoms with van der Waals surface area (Å²) in [6, 6.07) is 12.4. The van der Waals surface area contributed by atoms with Crippen molar-refractivity contribution in [3.05, 3.63) is 64.7 Å². The predicted octanol–water partition coefficient (Wildman–Crippen LogP) is -1.48. The molecule has 0 unspecified atom stereocenters. The van der Waals surface area contributed by atoms with Crippen LogP contribution in [0.5, 0.6) is 5.75 Å². The largest absolute Gasteiger partial charge is 1.00 e. The summed E-state index contributed by atoms with van der Waals surface area (Å²) in [7, 11) is 0. The van der Waals surface area contributed by atoms with Gasteiger partial charge in [-0.05, 0) is 54.1 Å².